The number of rotatable bonds is 6. The van der Waals surface area contributed by atoms with Gasteiger partial charge in [-0.05, 0) is 12.5 Å². The Hall–Kier alpha value is -0.910. The minimum atomic E-state index is -3.43. The average Bonchev–Trinajstić information content (AvgIpc) is 2.24. The molecule has 0 aromatic heterocycles. The third-order valence-corrected chi connectivity index (χ3v) is 2.54. The SMILES string of the molecule is CCO[C@@H](COS(C)(=O)=O)c1ccccc1. The van der Waals surface area contributed by atoms with Crippen LogP contribution in [-0.2, 0) is 19.0 Å². The number of ether oxygens (including phenoxy) is 1. The van der Waals surface area contributed by atoms with Gasteiger partial charge >= 0.3 is 0 Å². The molecule has 0 fully saturated rings. The van der Waals surface area contributed by atoms with Crippen LogP contribution in [0.3, 0.4) is 0 Å². The number of hydrogen-bond donors (Lipinski definition) is 0. The fraction of sp³-hybridized carbons (Fsp3) is 0.455. The molecule has 0 heterocycles. The highest BCUT2D eigenvalue weighted by Gasteiger charge is 2.14. The Morgan fingerprint density at radius 3 is 2.38 bits per heavy atom. The first-order chi connectivity index (χ1) is 7.53. The van der Waals surface area contributed by atoms with Crippen LogP contribution in [0.1, 0.15) is 18.6 Å². The molecule has 0 N–H and O–H groups in total. The van der Waals surface area contributed by atoms with Crippen LogP contribution in [-0.4, -0.2) is 27.9 Å². The standard InChI is InChI=1S/C11H16O4S/c1-3-14-11(9-15-16(2,12)13)10-7-5-4-6-8-10/h4-8,11H,3,9H2,1-2H3/t11-/m0/s1. The van der Waals surface area contributed by atoms with Gasteiger partial charge in [-0.2, -0.15) is 8.42 Å². The molecule has 0 saturated heterocycles. The van der Waals surface area contributed by atoms with Gasteiger partial charge in [0, 0.05) is 6.61 Å². The van der Waals surface area contributed by atoms with Crippen LogP contribution in [0.25, 0.3) is 0 Å². The van der Waals surface area contributed by atoms with Gasteiger partial charge in [0.2, 0.25) is 0 Å². The van der Waals surface area contributed by atoms with Crippen molar-refractivity contribution in [3.8, 4) is 0 Å². The third-order valence-electron chi connectivity index (χ3n) is 1.97. The van der Waals surface area contributed by atoms with Crippen LogP contribution in [0.2, 0.25) is 0 Å². The molecule has 0 radical (unpaired) electrons. The van der Waals surface area contributed by atoms with Crippen molar-refractivity contribution in [2.75, 3.05) is 19.5 Å². The van der Waals surface area contributed by atoms with Crippen molar-refractivity contribution in [2.45, 2.75) is 13.0 Å². The Bertz CT molecular complexity index is 399. The van der Waals surface area contributed by atoms with Crippen molar-refractivity contribution < 1.29 is 17.3 Å². The summed E-state index contributed by atoms with van der Waals surface area (Å²) in [5, 5.41) is 0. The lowest BCUT2D eigenvalue weighted by atomic mass is 10.1. The molecule has 1 aromatic carbocycles. The normalized spacial score (nSPS) is 13.6. The minimum absolute atomic E-state index is 0.0106. The summed E-state index contributed by atoms with van der Waals surface area (Å²) in [5.41, 5.74) is 0.910. The maximum atomic E-state index is 10.9. The van der Waals surface area contributed by atoms with Gasteiger partial charge in [-0.25, -0.2) is 0 Å². The molecule has 0 spiro atoms. The fourth-order valence-corrected chi connectivity index (χ4v) is 1.67. The molecule has 16 heavy (non-hydrogen) atoms. The first kappa shape index (κ1) is 13.2. The maximum absolute atomic E-state index is 10.9. The van der Waals surface area contributed by atoms with Crippen molar-refractivity contribution in [2.24, 2.45) is 0 Å². The van der Waals surface area contributed by atoms with Gasteiger partial charge < -0.3 is 4.74 Å². The topological polar surface area (TPSA) is 52.6 Å². The summed E-state index contributed by atoms with van der Waals surface area (Å²) in [4.78, 5) is 0. The smallest absolute Gasteiger partial charge is 0.264 e. The van der Waals surface area contributed by atoms with E-state index < -0.39 is 10.1 Å². The van der Waals surface area contributed by atoms with Gasteiger partial charge in [0.25, 0.3) is 10.1 Å². The molecule has 1 atom stereocenters. The van der Waals surface area contributed by atoms with Crippen LogP contribution < -0.4 is 0 Å². The Morgan fingerprint density at radius 2 is 1.88 bits per heavy atom. The Labute approximate surface area is 96.3 Å². The quantitative estimate of drug-likeness (QED) is 0.715. The van der Waals surface area contributed by atoms with Crippen LogP contribution in [0, 0.1) is 0 Å². The fourth-order valence-electron chi connectivity index (χ4n) is 1.29. The summed E-state index contributed by atoms with van der Waals surface area (Å²) in [6.07, 6.45) is 0.682. The second-order valence-corrected chi connectivity index (χ2v) is 4.99. The van der Waals surface area contributed by atoms with Crippen molar-refractivity contribution >= 4 is 10.1 Å². The molecular weight excluding hydrogens is 228 g/mol. The van der Waals surface area contributed by atoms with E-state index in [1.165, 1.54) is 0 Å². The van der Waals surface area contributed by atoms with E-state index in [9.17, 15) is 8.42 Å². The molecule has 0 aliphatic heterocycles. The van der Waals surface area contributed by atoms with E-state index in [1.54, 1.807) is 0 Å². The van der Waals surface area contributed by atoms with Crippen LogP contribution in [0.5, 0.6) is 0 Å². The summed E-state index contributed by atoms with van der Waals surface area (Å²) in [5.74, 6) is 0. The molecule has 90 valence electrons. The van der Waals surface area contributed by atoms with Gasteiger partial charge in [-0.15, -0.1) is 0 Å². The molecule has 0 bridgehead atoms. The maximum Gasteiger partial charge on any atom is 0.264 e. The lowest BCUT2D eigenvalue weighted by Gasteiger charge is -2.16. The second kappa shape index (κ2) is 5.98. The van der Waals surface area contributed by atoms with Crippen LogP contribution in [0.15, 0.2) is 30.3 Å². The van der Waals surface area contributed by atoms with Crippen LogP contribution in [0.4, 0.5) is 0 Å². The number of hydrogen-bond acceptors (Lipinski definition) is 4. The second-order valence-electron chi connectivity index (χ2n) is 3.34. The predicted octanol–water partition coefficient (Wildman–Crippen LogP) is 1.74. The van der Waals surface area contributed by atoms with Gasteiger partial charge in [0.15, 0.2) is 0 Å². The molecule has 0 saturated carbocycles. The Balaban J connectivity index is 2.69. The van der Waals surface area contributed by atoms with Crippen LogP contribution >= 0.6 is 0 Å². The molecule has 1 rings (SSSR count). The highest BCUT2D eigenvalue weighted by molar-refractivity contribution is 7.85. The van der Waals surface area contributed by atoms with E-state index in [4.69, 9.17) is 8.92 Å². The van der Waals surface area contributed by atoms with E-state index >= 15 is 0 Å². The molecule has 0 aliphatic carbocycles. The monoisotopic (exact) mass is 244 g/mol. The molecule has 5 heteroatoms. The van der Waals surface area contributed by atoms with Crippen molar-refractivity contribution in [1.29, 1.82) is 0 Å². The lowest BCUT2D eigenvalue weighted by Crippen LogP contribution is -2.15. The van der Waals surface area contributed by atoms with E-state index in [0.717, 1.165) is 11.8 Å². The van der Waals surface area contributed by atoms with Gasteiger partial charge in [0.1, 0.15) is 6.10 Å². The zero-order valence-electron chi connectivity index (χ0n) is 9.42. The predicted molar refractivity (Wildman–Crippen MR) is 61.6 cm³/mol. The van der Waals surface area contributed by atoms with Crippen molar-refractivity contribution in [3.63, 3.8) is 0 Å². The third kappa shape index (κ3) is 4.74. The average molecular weight is 244 g/mol. The van der Waals surface area contributed by atoms with E-state index in [0.29, 0.717) is 6.61 Å². The summed E-state index contributed by atoms with van der Waals surface area (Å²) in [7, 11) is -3.43. The summed E-state index contributed by atoms with van der Waals surface area (Å²) in [6.45, 7) is 2.37. The van der Waals surface area contributed by atoms with E-state index in [2.05, 4.69) is 0 Å². The largest absolute Gasteiger partial charge is 0.371 e. The first-order valence-corrected chi connectivity index (χ1v) is 6.85. The molecule has 1 aromatic rings. The Morgan fingerprint density at radius 1 is 1.25 bits per heavy atom. The highest BCUT2D eigenvalue weighted by atomic mass is 32.2. The summed E-state index contributed by atoms with van der Waals surface area (Å²) in [6, 6.07) is 9.41. The van der Waals surface area contributed by atoms with Gasteiger partial charge in [-0.3, -0.25) is 4.18 Å². The molecule has 0 amide bonds. The highest BCUT2D eigenvalue weighted by Crippen LogP contribution is 2.17. The summed E-state index contributed by atoms with van der Waals surface area (Å²) >= 11 is 0. The zero-order valence-corrected chi connectivity index (χ0v) is 10.2. The molecule has 0 unspecified atom stereocenters. The molecule has 4 nitrogen and oxygen atoms in total. The summed E-state index contributed by atoms with van der Waals surface area (Å²) < 4.78 is 32.0. The van der Waals surface area contributed by atoms with Crippen molar-refractivity contribution in [1.82, 2.24) is 0 Å². The number of benzene rings is 1. The lowest BCUT2D eigenvalue weighted by molar-refractivity contribution is 0.0286. The first-order valence-electron chi connectivity index (χ1n) is 5.04. The van der Waals surface area contributed by atoms with E-state index in [1.807, 2.05) is 37.3 Å². The molecule has 0 aliphatic rings. The van der Waals surface area contributed by atoms with E-state index in [-0.39, 0.29) is 12.7 Å². The van der Waals surface area contributed by atoms with Gasteiger partial charge in [-0.1, -0.05) is 30.3 Å². The Kier molecular flexibility index (Phi) is 4.92. The van der Waals surface area contributed by atoms with Gasteiger partial charge in [0.05, 0.1) is 12.9 Å². The zero-order chi connectivity index (χ0) is 12.0. The molecular formula is C11H16O4S. The van der Waals surface area contributed by atoms with Crippen molar-refractivity contribution in [3.05, 3.63) is 35.9 Å². The minimum Gasteiger partial charge on any atom is -0.371 e.